The van der Waals surface area contributed by atoms with Crippen molar-refractivity contribution in [2.24, 2.45) is 5.41 Å². The van der Waals surface area contributed by atoms with Gasteiger partial charge >= 0.3 is 0 Å². The van der Waals surface area contributed by atoms with Crippen molar-refractivity contribution in [3.63, 3.8) is 0 Å². The van der Waals surface area contributed by atoms with Gasteiger partial charge in [-0.3, -0.25) is 0 Å². The van der Waals surface area contributed by atoms with E-state index >= 15 is 0 Å². The monoisotopic (exact) mass is 245 g/mol. The minimum Gasteiger partial charge on any atom is -0.307 e. The molecule has 1 saturated heterocycles. The van der Waals surface area contributed by atoms with Crippen LogP contribution in [-0.4, -0.2) is 6.54 Å². The van der Waals surface area contributed by atoms with E-state index in [0.29, 0.717) is 5.41 Å². The van der Waals surface area contributed by atoms with Crippen LogP contribution in [0.4, 0.5) is 0 Å². The highest BCUT2D eigenvalue weighted by atomic mass is 15.0. The first-order valence-corrected chi connectivity index (χ1v) is 7.24. The van der Waals surface area contributed by atoms with Gasteiger partial charge in [0.1, 0.15) is 0 Å². The van der Waals surface area contributed by atoms with Crippen LogP contribution in [0.25, 0.3) is 0 Å². The maximum Gasteiger partial charge on any atom is 0.0439 e. The van der Waals surface area contributed by atoms with Crippen molar-refractivity contribution in [1.82, 2.24) is 5.32 Å². The fraction of sp³-hybridized carbons (Fsp3) is 0.647. The van der Waals surface area contributed by atoms with E-state index in [2.05, 4.69) is 57.3 Å². The molecule has 0 saturated carbocycles. The second-order valence-corrected chi connectivity index (χ2v) is 7.07. The van der Waals surface area contributed by atoms with Gasteiger partial charge in [0, 0.05) is 5.54 Å². The van der Waals surface area contributed by atoms with E-state index in [-0.39, 0.29) is 5.54 Å². The Labute approximate surface area is 112 Å². The van der Waals surface area contributed by atoms with Crippen LogP contribution in [0, 0.1) is 12.3 Å². The fourth-order valence-corrected chi connectivity index (χ4v) is 3.32. The maximum atomic E-state index is 3.83. The van der Waals surface area contributed by atoms with Gasteiger partial charge in [0.15, 0.2) is 0 Å². The molecule has 100 valence electrons. The summed E-state index contributed by atoms with van der Waals surface area (Å²) in [7, 11) is 0. The molecule has 1 heteroatoms. The summed E-state index contributed by atoms with van der Waals surface area (Å²) in [5.74, 6) is 0. The quantitative estimate of drug-likeness (QED) is 0.814. The third kappa shape index (κ3) is 3.14. The van der Waals surface area contributed by atoms with Gasteiger partial charge in [-0.05, 0) is 43.7 Å². The molecule has 0 aliphatic carbocycles. The number of nitrogens with one attached hydrogen (secondary N) is 1. The fourth-order valence-electron chi connectivity index (χ4n) is 3.32. The summed E-state index contributed by atoms with van der Waals surface area (Å²) in [5.41, 5.74) is 3.40. The van der Waals surface area contributed by atoms with Gasteiger partial charge in [-0.15, -0.1) is 0 Å². The van der Waals surface area contributed by atoms with Crippen LogP contribution in [0.2, 0.25) is 0 Å². The highest BCUT2D eigenvalue weighted by Crippen LogP contribution is 2.40. The van der Waals surface area contributed by atoms with Crippen molar-refractivity contribution >= 4 is 0 Å². The average Bonchev–Trinajstić information content (AvgIpc) is 2.28. The molecule has 1 aliphatic heterocycles. The Hall–Kier alpha value is -0.820. The van der Waals surface area contributed by atoms with Crippen LogP contribution >= 0.6 is 0 Å². The molecule has 18 heavy (non-hydrogen) atoms. The Kier molecular flexibility index (Phi) is 3.82. The van der Waals surface area contributed by atoms with E-state index in [1.165, 1.54) is 36.8 Å². The number of hydrogen-bond donors (Lipinski definition) is 1. The zero-order valence-electron chi connectivity index (χ0n) is 12.3. The molecule has 1 unspecified atom stereocenters. The molecule has 0 spiro atoms. The summed E-state index contributed by atoms with van der Waals surface area (Å²) < 4.78 is 0. The summed E-state index contributed by atoms with van der Waals surface area (Å²) >= 11 is 0. The zero-order valence-corrected chi connectivity index (χ0v) is 12.3. The molecule has 1 aromatic rings. The van der Waals surface area contributed by atoms with Crippen LogP contribution in [0.1, 0.15) is 57.6 Å². The highest BCUT2D eigenvalue weighted by Gasteiger charge is 2.37. The van der Waals surface area contributed by atoms with Crippen molar-refractivity contribution in [1.29, 1.82) is 0 Å². The Bertz CT molecular complexity index is 394. The van der Waals surface area contributed by atoms with Crippen LogP contribution in [-0.2, 0) is 5.54 Å². The number of hydrogen-bond acceptors (Lipinski definition) is 1. The molecule has 1 aliphatic rings. The Morgan fingerprint density at radius 1 is 1.22 bits per heavy atom. The van der Waals surface area contributed by atoms with E-state index in [0.717, 1.165) is 6.54 Å². The Morgan fingerprint density at radius 2 is 2.00 bits per heavy atom. The van der Waals surface area contributed by atoms with Crippen molar-refractivity contribution in [3.05, 3.63) is 35.4 Å². The van der Waals surface area contributed by atoms with Gasteiger partial charge in [-0.1, -0.05) is 57.0 Å². The molecule has 1 N–H and O–H groups in total. The minimum atomic E-state index is 0.197. The predicted octanol–water partition coefficient (Wildman–Crippen LogP) is 4.40. The highest BCUT2D eigenvalue weighted by molar-refractivity contribution is 5.30. The lowest BCUT2D eigenvalue weighted by molar-refractivity contribution is 0.169. The van der Waals surface area contributed by atoms with E-state index in [1.54, 1.807) is 0 Å². The SMILES string of the molecule is Cc1cccc(C2(CC(C)(C)C)CCCCN2)c1. The zero-order chi connectivity index (χ0) is 13.2. The molecule has 0 amide bonds. The van der Waals surface area contributed by atoms with Gasteiger partial charge in [0.2, 0.25) is 0 Å². The molecule has 1 nitrogen and oxygen atoms in total. The largest absolute Gasteiger partial charge is 0.307 e. The molecule has 1 atom stereocenters. The molecule has 0 aromatic heterocycles. The minimum absolute atomic E-state index is 0.197. The van der Waals surface area contributed by atoms with Gasteiger partial charge in [-0.2, -0.15) is 0 Å². The standard InChI is InChI=1S/C17H27N/c1-14-8-7-9-15(12-14)17(13-16(2,3)4)10-5-6-11-18-17/h7-9,12,18H,5-6,10-11,13H2,1-4H3. The molecule has 1 fully saturated rings. The summed E-state index contributed by atoms with van der Waals surface area (Å²) in [6.07, 6.45) is 5.14. The predicted molar refractivity (Wildman–Crippen MR) is 78.8 cm³/mol. The molecule has 1 heterocycles. The summed E-state index contributed by atoms with van der Waals surface area (Å²) in [6, 6.07) is 9.06. The maximum absolute atomic E-state index is 3.83. The van der Waals surface area contributed by atoms with Crippen LogP contribution < -0.4 is 5.32 Å². The third-order valence-corrected chi connectivity index (χ3v) is 3.90. The smallest absolute Gasteiger partial charge is 0.0439 e. The number of rotatable bonds is 2. The van der Waals surface area contributed by atoms with Gasteiger partial charge in [0.05, 0.1) is 0 Å². The number of aryl methyl sites for hydroxylation is 1. The number of benzene rings is 1. The Balaban J connectivity index is 2.35. The lowest BCUT2D eigenvalue weighted by atomic mass is 9.71. The first-order valence-electron chi connectivity index (χ1n) is 7.24. The molecule has 2 rings (SSSR count). The average molecular weight is 245 g/mol. The lowest BCUT2D eigenvalue weighted by Gasteiger charge is -2.43. The summed E-state index contributed by atoms with van der Waals surface area (Å²) in [6.45, 7) is 10.4. The first-order chi connectivity index (χ1) is 8.41. The molecule has 1 aromatic carbocycles. The van der Waals surface area contributed by atoms with E-state index in [4.69, 9.17) is 0 Å². The van der Waals surface area contributed by atoms with Crippen molar-refractivity contribution in [2.45, 2.75) is 58.9 Å². The molecule has 0 bridgehead atoms. The second-order valence-electron chi connectivity index (χ2n) is 7.07. The summed E-state index contributed by atoms with van der Waals surface area (Å²) in [5, 5.41) is 3.83. The van der Waals surface area contributed by atoms with Crippen molar-refractivity contribution < 1.29 is 0 Å². The van der Waals surface area contributed by atoms with Gasteiger partial charge in [0.25, 0.3) is 0 Å². The topological polar surface area (TPSA) is 12.0 Å². The summed E-state index contributed by atoms with van der Waals surface area (Å²) in [4.78, 5) is 0. The van der Waals surface area contributed by atoms with Gasteiger partial charge < -0.3 is 5.32 Å². The van der Waals surface area contributed by atoms with E-state index in [1.807, 2.05) is 0 Å². The second kappa shape index (κ2) is 5.05. The van der Waals surface area contributed by atoms with Crippen molar-refractivity contribution in [2.75, 3.05) is 6.54 Å². The first kappa shape index (κ1) is 13.6. The van der Waals surface area contributed by atoms with E-state index in [9.17, 15) is 0 Å². The number of piperidine rings is 1. The van der Waals surface area contributed by atoms with Crippen molar-refractivity contribution in [3.8, 4) is 0 Å². The lowest BCUT2D eigenvalue weighted by Crippen LogP contribution is -2.48. The van der Waals surface area contributed by atoms with Gasteiger partial charge in [-0.25, -0.2) is 0 Å². The van der Waals surface area contributed by atoms with Crippen LogP contribution in [0.15, 0.2) is 24.3 Å². The molecular weight excluding hydrogens is 218 g/mol. The van der Waals surface area contributed by atoms with Crippen LogP contribution in [0.3, 0.4) is 0 Å². The van der Waals surface area contributed by atoms with Crippen LogP contribution in [0.5, 0.6) is 0 Å². The molecular formula is C17H27N. The van der Waals surface area contributed by atoms with E-state index < -0.39 is 0 Å². The normalized spacial score (nSPS) is 25.1. The molecule has 0 radical (unpaired) electrons. The third-order valence-electron chi connectivity index (χ3n) is 3.90. The Morgan fingerprint density at radius 3 is 2.56 bits per heavy atom.